The molecule has 0 radical (unpaired) electrons. The Morgan fingerprint density at radius 3 is 2.94 bits per heavy atom. The molecule has 3 N–H and O–H groups in total. The number of nitrogens with one attached hydrogen (secondary N) is 3. The minimum Gasteiger partial charge on any atom is -0.354 e. The molecule has 2 amide bonds. The van der Waals surface area contributed by atoms with Crippen LogP contribution < -0.4 is 16.0 Å². The van der Waals surface area contributed by atoms with E-state index in [0.717, 1.165) is 13.0 Å². The fourth-order valence-corrected chi connectivity index (χ4v) is 2.73. The zero-order chi connectivity index (χ0) is 13.0. The highest BCUT2D eigenvalue weighted by Crippen LogP contribution is 2.18. The summed E-state index contributed by atoms with van der Waals surface area (Å²) in [4.78, 5) is 23.0. The van der Waals surface area contributed by atoms with Gasteiger partial charge in [-0.05, 0) is 31.7 Å². The smallest absolute Gasteiger partial charge is 0.221 e. The molecule has 3 unspecified atom stereocenters. The van der Waals surface area contributed by atoms with E-state index in [-0.39, 0.29) is 17.9 Å². The maximum atomic E-state index is 11.9. The van der Waals surface area contributed by atoms with Crippen molar-refractivity contribution >= 4 is 11.8 Å². The number of carbonyl (C=O) groups excluding carboxylic acids is 2. The van der Waals surface area contributed by atoms with Crippen LogP contribution in [0.2, 0.25) is 0 Å². The minimum absolute atomic E-state index is 0.0862. The zero-order valence-corrected chi connectivity index (χ0v) is 11.0. The average molecular weight is 253 g/mol. The Hall–Kier alpha value is -1.10. The van der Waals surface area contributed by atoms with Crippen LogP contribution in [0.15, 0.2) is 0 Å². The Balaban J connectivity index is 1.72. The summed E-state index contributed by atoms with van der Waals surface area (Å²) in [6.45, 7) is 3.78. The Morgan fingerprint density at radius 1 is 1.44 bits per heavy atom. The highest BCUT2D eigenvalue weighted by Gasteiger charge is 2.25. The molecule has 2 fully saturated rings. The Labute approximate surface area is 108 Å². The van der Waals surface area contributed by atoms with Gasteiger partial charge in [-0.25, -0.2) is 0 Å². The van der Waals surface area contributed by atoms with E-state index in [9.17, 15) is 9.59 Å². The summed E-state index contributed by atoms with van der Waals surface area (Å²) in [7, 11) is 0. The molecule has 5 nitrogen and oxygen atoms in total. The molecule has 0 aromatic rings. The van der Waals surface area contributed by atoms with Crippen molar-refractivity contribution in [3.8, 4) is 0 Å². The fraction of sp³-hybridized carbons (Fsp3) is 0.846. The third-order valence-corrected chi connectivity index (χ3v) is 3.97. The maximum Gasteiger partial charge on any atom is 0.221 e. The molecule has 2 aliphatic rings. The van der Waals surface area contributed by atoms with Gasteiger partial charge < -0.3 is 16.0 Å². The summed E-state index contributed by atoms with van der Waals surface area (Å²) in [5.41, 5.74) is 0. The summed E-state index contributed by atoms with van der Waals surface area (Å²) in [6.07, 6.45) is 4.22. The van der Waals surface area contributed by atoms with Crippen molar-refractivity contribution in [2.24, 2.45) is 5.92 Å². The first-order valence-corrected chi connectivity index (χ1v) is 6.94. The molecule has 2 rings (SSSR count). The van der Waals surface area contributed by atoms with Crippen LogP contribution in [0.3, 0.4) is 0 Å². The molecule has 2 saturated heterocycles. The second-order valence-electron chi connectivity index (χ2n) is 5.49. The van der Waals surface area contributed by atoms with Gasteiger partial charge in [-0.1, -0.05) is 6.92 Å². The number of hydrogen-bond donors (Lipinski definition) is 3. The van der Waals surface area contributed by atoms with Gasteiger partial charge in [0, 0.05) is 31.5 Å². The molecule has 2 aliphatic heterocycles. The lowest BCUT2D eigenvalue weighted by molar-refractivity contribution is -0.126. The standard InChI is InChI=1S/C13H23N3O2/c1-9-3-2-6-14-11(9)7-13(18)16-10-4-5-12(17)15-8-10/h9-11,14H,2-8H2,1H3,(H,15,17)(H,16,18). The first-order valence-electron chi connectivity index (χ1n) is 6.94. The van der Waals surface area contributed by atoms with Crippen molar-refractivity contribution in [2.45, 2.75) is 51.1 Å². The molecule has 0 aromatic carbocycles. The molecule has 0 aliphatic carbocycles. The van der Waals surface area contributed by atoms with E-state index in [1.165, 1.54) is 12.8 Å². The minimum atomic E-state index is 0.0862. The fourth-order valence-electron chi connectivity index (χ4n) is 2.73. The van der Waals surface area contributed by atoms with Gasteiger partial charge in [-0.2, -0.15) is 0 Å². The maximum absolute atomic E-state index is 11.9. The third-order valence-electron chi connectivity index (χ3n) is 3.97. The third kappa shape index (κ3) is 3.70. The van der Waals surface area contributed by atoms with Crippen LogP contribution in [0.4, 0.5) is 0 Å². The van der Waals surface area contributed by atoms with Crippen LogP contribution >= 0.6 is 0 Å². The summed E-state index contributed by atoms with van der Waals surface area (Å²) < 4.78 is 0. The van der Waals surface area contributed by atoms with E-state index < -0.39 is 0 Å². The van der Waals surface area contributed by atoms with Gasteiger partial charge in [0.15, 0.2) is 0 Å². The van der Waals surface area contributed by atoms with Crippen molar-refractivity contribution in [2.75, 3.05) is 13.1 Å². The van der Waals surface area contributed by atoms with E-state index in [4.69, 9.17) is 0 Å². The average Bonchev–Trinajstić information content (AvgIpc) is 2.35. The first kappa shape index (κ1) is 13.3. The van der Waals surface area contributed by atoms with E-state index in [1.54, 1.807) is 0 Å². The van der Waals surface area contributed by atoms with Crippen LogP contribution in [-0.2, 0) is 9.59 Å². The van der Waals surface area contributed by atoms with Gasteiger partial charge in [-0.3, -0.25) is 9.59 Å². The lowest BCUT2D eigenvalue weighted by Crippen LogP contribution is -2.50. The second kappa shape index (κ2) is 6.18. The molecular weight excluding hydrogens is 230 g/mol. The van der Waals surface area contributed by atoms with Crippen molar-refractivity contribution < 1.29 is 9.59 Å². The predicted molar refractivity (Wildman–Crippen MR) is 69.0 cm³/mol. The van der Waals surface area contributed by atoms with Crippen molar-refractivity contribution in [3.05, 3.63) is 0 Å². The van der Waals surface area contributed by atoms with E-state index in [0.29, 0.717) is 31.3 Å². The highest BCUT2D eigenvalue weighted by molar-refractivity contribution is 5.79. The normalized spacial score (nSPS) is 32.7. The SMILES string of the molecule is CC1CCCNC1CC(=O)NC1CCC(=O)NC1. The summed E-state index contributed by atoms with van der Waals surface area (Å²) >= 11 is 0. The number of hydrogen-bond acceptors (Lipinski definition) is 3. The topological polar surface area (TPSA) is 70.2 Å². The van der Waals surface area contributed by atoms with E-state index >= 15 is 0 Å². The summed E-state index contributed by atoms with van der Waals surface area (Å²) in [5, 5.41) is 9.21. The summed E-state index contributed by atoms with van der Waals surface area (Å²) in [6, 6.07) is 0.408. The first-order chi connectivity index (χ1) is 8.65. The lowest BCUT2D eigenvalue weighted by atomic mass is 9.90. The quantitative estimate of drug-likeness (QED) is 0.671. The van der Waals surface area contributed by atoms with Crippen LogP contribution in [-0.4, -0.2) is 37.0 Å². The van der Waals surface area contributed by atoms with Crippen LogP contribution in [0.5, 0.6) is 0 Å². The molecule has 2 heterocycles. The number of rotatable bonds is 3. The number of piperidine rings is 2. The molecule has 0 aromatic heterocycles. The van der Waals surface area contributed by atoms with Crippen LogP contribution in [0.1, 0.15) is 39.0 Å². The molecular formula is C13H23N3O2. The van der Waals surface area contributed by atoms with Crippen LogP contribution in [0, 0.1) is 5.92 Å². The number of carbonyl (C=O) groups is 2. The van der Waals surface area contributed by atoms with E-state index in [1.807, 2.05) is 0 Å². The largest absolute Gasteiger partial charge is 0.354 e. The molecule has 0 saturated carbocycles. The van der Waals surface area contributed by atoms with Gasteiger partial charge >= 0.3 is 0 Å². The Morgan fingerprint density at radius 2 is 2.28 bits per heavy atom. The highest BCUT2D eigenvalue weighted by atomic mass is 16.2. The Kier molecular flexibility index (Phi) is 4.58. The van der Waals surface area contributed by atoms with Crippen molar-refractivity contribution in [3.63, 3.8) is 0 Å². The summed E-state index contributed by atoms with van der Waals surface area (Å²) in [5.74, 6) is 0.751. The lowest BCUT2D eigenvalue weighted by Gasteiger charge is -2.30. The molecule has 102 valence electrons. The molecule has 0 bridgehead atoms. The predicted octanol–water partition coefficient (Wildman–Crippen LogP) is 0.159. The molecule has 18 heavy (non-hydrogen) atoms. The van der Waals surface area contributed by atoms with Gasteiger partial charge in [0.2, 0.25) is 11.8 Å². The van der Waals surface area contributed by atoms with Crippen LogP contribution in [0.25, 0.3) is 0 Å². The van der Waals surface area contributed by atoms with Crippen molar-refractivity contribution in [1.82, 2.24) is 16.0 Å². The zero-order valence-electron chi connectivity index (χ0n) is 11.0. The molecule has 3 atom stereocenters. The number of amides is 2. The molecule has 5 heteroatoms. The van der Waals surface area contributed by atoms with Crippen molar-refractivity contribution in [1.29, 1.82) is 0 Å². The van der Waals surface area contributed by atoms with Gasteiger partial charge in [0.05, 0.1) is 0 Å². The monoisotopic (exact) mass is 253 g/mol. The van der Waals surface area contributed by atoms with E-state index in [2.05, 4.69) is 22.9 Å². The Bertz CT molecular complexity index is 309. The van der Waals surface area contributed by atoms with Gasteiger partial charge in [0.25, 0.3) is 0 Å². The van der Waals surface area contributed by atoms with Gasteiger partial charge in [0.1, 0.15) is 0 Å². The van der Waals surface area contributed by atoms with Gasteiger partial charge in [-0.15, -0.1) is 0 Å². The molecule has 0 spiro atoms. The second-order valence-corrected chi connectivity index (χ2v) is 5.49.